The number of benzene rings is 1. The van der Waals surface area contributed by atoms with Gasteiger partial charge in [-0.25, -0.2) is 9.97 Å². The van der Waals surface area contributed by atoms with Crippen LogP contribution < -0.4 is 5.56 Å². The SMILES string of the molecule is Cc1nc2nc[nH]n2c(=O)c1CC(=O)N(CCO)[C@H]1CCCc2ccccc21. The zero-order chi connectivity index (χ0) is 19.7. The van der Waals surface area contributed by atoms with Crippen LogP contribution in [0, 0.1) is 6.92 Å². The minimum atomic E-state index is -0.318. The summed E-state index contributed by atoms with van der Waals surface area (Å²) < 4.78 is 1.24. The van der Waals surface area contributed by atoms with Crippen LogP contribution in [0.3, 0.4) is 0 Å². The maximum absolute atomic E-state index is 13.2. The Hall–Kier alpha value is -3.00. The Kier molecular flexibility index (Phi) is 4.95. The number of nitrogens with one attached hydrogen (secondary N) is 1. The molecular formula is C20H23N5O3. The highest BCUT2D eigenvalue weighted by Gasteiger charge is 2.29. The van der Waals surface area contributed by atoms with Crippen LogP contribution in [-0.2, 0) is 17.6 Å². The fraction of sp³-hybridized carbons (Fsp3) is 0.400. The van der Waals surface area contributed by atoms with Crippen LogP contribution in [0.5, 0.6) is 0 Å². The van der Waals surface area contributed by atoms with Crippen molar-refractivity contribution in [2.24, 2.45) is 0 Å². The predicted octanol–water partition coefficient (Wildman–Crippen LogP) is 1.17. The monoisotopic (exact) mass is 381 g/mol. The molecule has 2 N–H and O–H groups in total. The fourth-order valence-corrected chi connectivity index (χ4v) is 4.07. The summed E-state index contributed by atoms with van der Waals surface area (Å²) in [7, 11) is 0. The number of hydrogen-bond acceptors (Lipinski definition) is 5. The van der Waals surface area contributed by atoms with Crippen LogP contribution in [0.25, 0.3) is 5.78 Å². The molecule has 0 fully saturated rings. The topological polar surface area (TPSA) is 104 Å². The molecule has 4 rings (SSSR count). The minimum absolute atomic E-state index is 0.0572. The van der Waals surface area contributed by atoms with Crippen molar-refractivity contribution in [2.75, 3.05) is 13.2 Å². The molecule has 146 valence electrons. The van der Waals surface area contributed by atoms with E-state index in [0.717, 1.165) is 24.8 Å². The lowest BCUT2D eigenvalue weighted by atomic mass is 9.86. The van der Waals surface area contributed by atoms with Crippen LogP contribution in [0.2, 0.25) is 0 Å². The van der Waals surface area contributed by atoms with Crippen molar-refractivity contribution >= 4 is 11.7 Å². The Morgan fingerprint density at radius 1 is 1.39 bits per heavy atom. The number of aryl methyl sites for hydroxylation is 2. The zero-order valence-electron chi connectivity index (χ0n) is 15.8. The number of rotatable bonds is 5. The summed E-state index contributed by atoms with van der Waals surface area (Å²) in [5.74, 6) is 0.101. The Morgan fingerprint density at radius 2 is 2.21 bits per heavy atom. The third kappa shape index (κ3) is 3.20. The van der Waals surface area contributed by atoms with Crippen molar-refractivity contribution in [2.45, 2.75) is 38.6 Å². The lowest BCUT2D eigenvalue weighted by Gasteiger charge is -2.35. The molecule has 3 aromatic rings. The summed E-state index contributed by atoms with van der Waals surface area (Å²) in [6.45, 7) is 1.82. The molecule has 1 aliphatic carbocycles. The Balaban J connectivity index is 1.67. The Morgan fingerprint density at radius 3 is 3.04 bits per heavy atom. The number of amides is 1. The number of aromatic nitrogens is 4. The fourth-order valence-electron chi connectivity index (χ4n) is 4.07. The van der Waals surface area contributed by atoms with E-state index in [0.29, 0.717) is 11.3 Å². The van der Waals surface area contributed by atoms with E-state index < -0.39 is 0 Å². The van der Waals surface area contributed by atoms with Crippen molar-refractivity contribution in [1.82, 2.24) is 24.5 Å². The first-order valence-electron chi connectivity index (χ1n) is 9.50. The Bertz CT molecular complexity index is 1070. The van der Waals surface area contributed by atoms with Gasteiger partial charge in [-0.05, 0) is 37.3 Å². The van der Waals surface area contributed by atoms with Gasteiger partial charge in [-0.2, -0.15) is 4.52 Å². The van der Waals surface area contributed by atoms with E-state index in [1.54, 1.807) is 11.8 Å². The molecule has 0 unspecified atom stereocenters. The number of H-pyrrole nitrogens is 1. The molecule has 8 heteroatoms. The summed E-state index contributed by atoms with van der Waals surface area (Å²) >= 11 is 0. The average molecular weight is 381 g/mol. The molecule has 1 amide bonds. The molecular weight excluding hydrogens is 358 g/mol. The lowest BCUT2D eigenvalue weighted by molar-refractivity contribution is -0.134. The van der Waals surface area contributed by atoms with Crippen LogP contribution >= 0.6 is 0 Å². The van der Waals surface area contributed by atoms with Crippen LogP contribution in [0.1, 0.15) is 41.3 Å². The predicted molar refractivity (Wildman–Crippen MR) is 103 cm³/mol. The first-order valence-corrected chi connectivity index (χ1v) is 9.50. The van der Waals surface area contributed by atoms with Gasteiger partial charge in [0, 0.05) is 6.54 Å². The van der Waals surface area contributed by atoms with Crippen molar-refractivity contribution in [1.29, 1.82) is 0 Å². The van der Waals surface area contributed by atoms with Crippen molar-refractivity contribution in [3.8, 4) is 0 Å². The van der Waals surface area contributed by atoms with Gasteiger partial charge >= 0.3 is 0 Å². The number of aliphatic hydroxyl groups excluding tert-OH is 1. The standard InChI is InChI=1S/C20H23N5O3/c1-13-16(19(28)25-20(23-13)21-12-22-25)11-18(27)24(9-10-26)17-8-4-6-14-5-2-3-7-15(14)17/h2-3,5,7,12,17,26H,4,6,8-11H2,1H3,(H,21,22,23)/t17-/m0/s1. The molecule has 2 aromatic heterocycles. The molecule has 1 aliphatic rings. The van der Waals surface area contributed by atoms with E-state index in [4.69, 9.17) is 0 Å². The van der Waals surface area contributed by atoms with E-state index in [2.05, 4.69) is 27.2 Å². The summed E-state index contributed by atoms with van der Waals surface area (Å²) in [5.41, 5.74) is 2.90. The molecule has 1 atom stereocenters. The molecule has 2 heterocycles. The van der Waals surface area contributed by atoms with Gasteiger partial charge in [0.25, 0.3) is 11.3 Å². The van der Waals surface area contributed by atoms with Gasteiger partial charge in [-0.1, -0.05) is 24.3 Å². The zero-order valence-corrected chi connectivity index (χ0v) is 15.8. The van der Waals surface area contributed by atoms with Crippen molar-refractivity contribution in [3.63, 3.8) is 0 Å². The summed E-state index contributed by atoms with van der Waals surface area (Å²) in [4.78, 5) is 35.9. The third-order valence-corrected chi connectivity index (χ3v) is 5.44. The van der Waals surface area contributed by atoms with Crippen LogP contribution in [0.15, 0.2) is 35.4 Å². The highest BCUT2D eigenvalue weighted by atomic mass is 16.3. The summed E-state index contributed by atoms with van der Waals surface area (Å²) in [6.07, 6.45) is 4.16. The number of aromatic amines is 1. The second kappa shape index (κ2) is 7.55. The molecule has 0 radical (unpaired) electrons. The number of fused-ring (bicyclic) bond motifs is 2. The number of hydrogen-bond donors (Lipinski definition) is 2. The van der Waals surface area contributed by atoms with E-state index in [-0.39, 0.29) is 42.9 Å². The maximum Gasteiger partial charge on any atom is 0.277 e. The third-order valence-electron chi connectivity index (χ3n) is 5.44. The molecule has 1 aromatic carbocycles. The first kappa shape index (κ1) is 18.4. The van der Waals surface area contributed by atoms with Gasteiger partial charge in [-0.15, -0.1) is 0 Å². The number of carbonyl (C=O) groups excluding carboxylic acids is 1. The lowest BCUT2D eigenvalue weighted by Crippen LogP contribution is -2.40. The van der Waals surface area contributed by atoms with Crippen molar-refractivity contribution in [3.05, 3.63) is 63.3 Å². The van der Waals surface area contributed by atoms with Crippen LogP contribution in [-0.4, -0.2) is 48.6 Å². The summed E-state index contributed by atoms with van der Waals surface area (Å²) in [6, 6.07) is 8.04. The maximum atomic E-state index is 13.2. The number of aliphatic hydroxyl groups is 1. The largest absolute Gasteiger partial charge is 0.395 e. The molecule has 0 aliphatic heterocycles. The highest BCUT2D eigenvalue weighted by molar-refractivity contribution is 5.79. The summed E-state index contributed by atoms with van der Waals surface area (Å²) in [5, 5.41) is 12.3. The van der Waals surface area contributed by atoms with Gasteiger partial charge < -0.3 is 10.0 Å². The molecule has 0 bridgehead atoms. The smallest absolute Gasteiger partial charge is 0.277 e. The van der Waals surface area contributed by atoms with Gasteiger partial charge in [0.05, 0.1) is 30.3 Å². The van der Waals surface area contributed by atoms with Gasteiger partial charge in [0.15, 0.2) is 0 Å². The average Bonchev–Trinajstić information content (AvgIpc) is 3.17. The highest BCUT2D eigenvalue weighted by Crippen LogP contribution is 2.34. The number of carbonyl (C=O) groups is 1. The number of nitrogens with zero attached hydrogens (tertiary/aromatic N) is 4. The van der Waals surface area contributed by atoms with E-state index in [1.807, 2.05) is 12.1 Å². The second-order valence-electron chi connectivity index (χ2n) is 7.10. The van der Waals surface area contributed by atoms with Crippen molar-refractivity contribution < 1.29 is 9.90 Å². The molecule has 0 saturated carbocycles. The van der Waals surface area contributed by atoms with E-state index >= 15 is 0 Å². The molecule has 8 nitrogen and oxygen atoms in total. The van der Waals surface area contributed by atoms with E-state index in [1.165, 1.54) is 16.4 Å². The normalized spacial score (nSPS) is 16.1. The second-order valence-corrected chi connectivity index (χ2v) is 7.10. The van der Waals surface area contributed by atoms with E-state index in [9.17, 15) is 14.7 Å². The first-order chi connectivity index (χ1) is 13.6. The van der Waals surface area contributed by atoms with Gasteiger partial charge in [0.2, 0.25) is 5.91 Å². The molecule has 28 heavy (non-hydrogen) atoms. The molecule has 0 saturated heterocycles. The van der Waals surface area contributed by atoms with Gasteiger partial charge in [0.1, 0.15) is 6.33 Å². The van der Waals surface area contributed by atoms with Crippen LogP contribution in [0.4, 0.5) is 0 Å². The minimum Gasteiger partial charge on any atom is -0.395 e. The quantitative estimate of drug-likeness (QED) is 0.690. The van der Waals surface area contributed by atoms with Gasteiger partial charge in [-0.3, -0.25) is 14.7 Å². The Labute approximate surface area is 161 Å². The molecule has 0 spiro atoms.